The van der Waals surface area contributed by atoms with Crippen LogP contribution in [0.25, 0.3) is 0 Å². The van der Waals surface area contributed by atoms with E-state index >= 15 is 0 Å². The highest BCUT2D eigenvalue weighted by Crippen LogP contribution is 2.32. The van der Waals surface area contributed by atoms with E-state index in [4.69, 9.17) is 0 Å². The van der Waals surface area contributed by atoms with Crippen molar-refractivity contribution < 1.29 is 9.59 Å². The van der Waals surface area contributed by atoms with E-state index in [2.05, 4.69) is 19.2 Å². The SMILES string of the molecule is CCCC(C)(NC)c1ccc2c(c1)C(=O)c1ccccc1C2=O. The van der Waals surface area contributed by atoms with Crippen LogP contribution < -0.4 is 5.32 Å². The molecule has 1 aliphatic carbocycles. The van der Waals surface area contributed by atoms with Gasteiger partial charge in [-0.05, 0) is 38.1 Å². The Kier molecular flexibility index (Phi) is 3.90. The van der Waals surface area contributed by atoms with Crippen LogP contribution >= 0.6 is 0 Å². The molecule has 1 aliphatic rings. The molecule has 0 fully saturated rings. The average molecular weight is 307 g/mol. The number of ketones is 2. The molecule has 0 bridgehead atoms. The lowest BCUT2D eigenvalue weighted by molar-refractivity contribution is 0.0979. The maximum absolute atomic E-state index is 12.8. The molecule has 118 valence electrons. The molecule has 0 spiro atoms. The van der Waals surface area contributed by atoms with Crippen molar-refractivity contribution in [3.8, 4) is 0 Å². The summed E-state index contributed by atoms with van der Waals surface area (Å²) in [5.74, 6) is -0.129. The summed E-state index contributed by atoms with van der Waals surface area (Å²) in [5.41, 5.74) is 2.87. The molecule has 0 saturated heterocycles. The number of rotatable bonds is 4. The van der Waals surface area contributed by atoms with E-state index < -0.39 is 0 Å². The van der Waals surface area contributed by atoms with E-state index in [-0.39, 0.29) is 17.1 Å². The summed E-state index contributed by atoms with van der Waals surface area (Å²) in [4.78, 5) is 25.4. The molecule has 0 aliphatic heterocycles. The van der Waals surface area contributed by atoms with Crippen LogP contribution in [0.4, 0.5) is 0 Å². The summed E-state index contributed by atoms with van der Waals surface area (Å²) in [7, 11) is 1.93. The molecule has 1 unspecified atom stereocenters. The highest BCUT2D eigenvalue weighted by Gasteiger charge is 2.32. The second kappa shape index (κ2) is 5.74. The maximum Gasteiger partial charge on any atom is 0.194 e. The van der Waals surface area contributed by atoms with Gasteiger partial charge in [0.25, 0.3) is 0 Å². The van der Waals surface area contributed by atoms with Crippen LogP contribution in [0.15, 0.2) is 42.5 Å². The molecule has 0 radical (unpaired) electrons. The highest BCUT2D eigenvalue weighted by molar-refractivity contribution is 6.28. The van der Waals surface area contributed by atoms with Gasteiger partial charge < -0.3 is 5.32 Å². The average Bonchev–Trinajstić information content (AvgIpc) is 2.59. The third kappa shape index (κ3) is 2.41. The van der Waals surface area contributed by atoms with E-state index in [1.165, 1.54) is 0 Å². The number of carbonyl (C=O) groups excluding carboxylic acids is 2. The van der Waals surface area contributed by atoms with Gasteiger partial charge in [-0.15, -0.1) is 0 Å². The van der Waals surface area contributed by atoms with Gasteiger partial charge in [-0.2, -0.15) is 0 Å². The number of benzene rings is 2. The zero-order valence-corrected chi connectivity index (χ0v) is 13.8. The molecule has 3 nitrogen and oxygen atoms in total. The lowest BCUT2D eigenvalue weighted by Crippen LogP contribution is -2.37. The predicted molar refractivity (Wildman–Crippen MR) is 91.1 cm³/mol. The largest absolute Gasteiger partial charge is 0.311 e. The molecule has 2 aromatic rings. The summed E-state index contributed by atoms with van der Waals surface area (Å²) in [6, 6.07) is 12.7. The Balaban J connectivity index is 2.14. The lowest BCUT2D eigenvalue weighted by Gasteiger charge is -2.31. The summed E-state index contributed by atoms with van der Waals surface area (Å²) in [6.45, 7) is 4.26. The van der Waals surface area contributed by atoms with Crippen LogP contribution in [-0.2, 0) is 5.54 Å². The Labute approximate surface area is 136 Å². The molecule has 0 heterocycles. The van der Waals surface area contributed by atoms with E-state index in [1.54, 1.807) is 30.3 Å². The Morgan fingerprint density at radius 3 is 2.04 bits per heavy atom. The van der Waals surface area contributed by atoms with E-state index in [1.807, 2.05) is 19.2 Å². The molecule has 0 aromatic heterocycles. The summed E-state index contributed by atoms with van der Waals surface area (Å²) < 4.78 is 0. The smallest absolute Gasteiger partial charge is 0.194 e. The van der Waals surface area contributed by atoms with Gasteiger partial charge >= 0.3 is 0 Å². The fourth-order valence-electron chi connectivity index (χ4n) is 3.36. The van der Waals surface area contributed by atoms with Gasteiger partial charge in [-0.3, -0.25) is 9.59 Å². The van der Waals surface area contributed by atoms with Gasteiger partial charge in [-0.25, -0.2) is 0 Å². The van der Waals surface area contributed by atoms with Crippen LogP contribution in [-0.4, -0.2) is 18.6 Å². The molecule has 0 saturated carbocycles. The fraction of sp³-hybridized carbons (Fsp3) is 0.300. The molecular weight excluding hydrogens is 286 g/mol. The van der Waals surface area contributed by atoms with Gasteiger partial charge in [0.2, 0.25) is 0 Å². The van der Waals surface area contributed by atoms with Gasteiger partial charge in [-0.1, -0.05) is 43.7 Å². The Hall–Kier alpha value is -2.26. The highest BCUT2D eigenvalue weighted by atomic mass is 16.1. The number of fused-ring (bicyclic) bond motifs is 2. The maximum atomic E-state index is 12.8. The minimum Gasteiger partial charge on any atom is -0.311 e. The van der Waals surface area contributed by atoms with Crippen LogP contribution in [0.5, 0.6) is 0 Å². The molecule has 3 rings (SSSR count). The molecule has 1 atom stereocenters. The number of hydrogen-bond acceptors (Lipinski definition) is 3. The van der Waals surface area contributed by atoms with Gasteiger partial charge in [0.1, 0.15) is 0 Å². The fourth-order valence-corrected chi connectivity index (χ4v) is 3.36. The van der Waals surface area contributed by atoms with Gasteiger partial charge in [0, 0.05) is 27.8 Å². The number of nitrogens with one attached hydrogen (secondary N) is 1. The van der Waals surface area contributed by atoms with Crippen molar-refractivity contribution in [1.82, 2.24) is 5.32 Å². The third-order valence-electron chi connectivity index (χ3n) is 4.86. The second-order valence-corrected chi connectivity index (χ2v) is 6.30. The Morgan fingerprint density at radius 1 is 0.913 bits per heavy atom. The second-order valence-electron chi connectivity index (χ2n) is 6.30. The van der Waals surface area contributed by atoms with Crippen molar-refractivity contribution in [3.63, 3.8) is 0 Å². The Bertz CT molecular complexity index is 794. The first-order valence-corrected chi connectivity index (χ1v) is 8.03. The molecular formula is C20H21NO2. The first kappa shape index (κ1) is 15.6. The van der Waals surface area contributed by atoms with Crippen molar-refractivity contribution in [3.05, 3.63) is 70.3 Å². The minimum atomic E-state index is -0.204. The van der Waals surface area contributed by atoms with Crippen molar-refractivity contribution >= 4 is 11.6 Å². The zero-order chi connectivity index (χ0) is 16.6. The van der Waals surface area contributed by atoms with Crippen LogP contribution in [0.3, 0.4) is 0 Å². The first-order valence-electron chi connectivity index (χ1n) is 8.03. The summed E-state index contributed by atoms with van der Waals surface area (Å²) in [5, 5.41) is 3.35. The summed E-state index contributed by atoms with van der Waals surface area (Å²) >= 11 is 0. The zero-order valence-electron chi connectivity index (χ0n) is 13.8. The van der Waals surface area contributed by atoms with Crippen molar-refractivity contribution in [2.45, 2.75) is 32.2 Å². The Morgan fingerprint density at radius 2 is 1.48 bits per heavy atom. The third-order valence-corrected chi connectivity index (χ3v) is 4.86. The number of hydrogen-bond donors (Lipinski definition) is 1. The van der Waals surface area contributed by atoms with Crippen molar-refractivity contribution in [2.24, 2.45) is 0 Å². The van der Waals surface area contributed by atoms with E-state index in [0.717, 1.165) is 18.4 Å². The molecule has 2 aromatic carbocycles. The van der Waals surface area contributed by atoms with Crippen LogP contribution in [0.1, 0.15) is 64.1 Å². The molecule has 0 amide bonds. The van der Waals surface area contributed by atoms with Crippen LogP contribution in [0.2, 0.25) is 0 Å². The van der Waals surface area contributed by atoms with E-state index in [9.17, 15) is 9.59 Å². The van der Waals surface area contributed by atoms with E-state index in [0.29, 0.717) is 22.3 Å². The van der Waals surface area contributed by atoms with Gasteiger partial charge in [0.15, 0.2) is 11.6 Å². The first-order chi connectivity index (χ1) is 11.0. The van der Waals surface area contributed by atoms with Crippen molar-refractivity contribution in [1.29, 1.82) is 0 Å². The quantitative estimate of drug-likeness (QED) is 0.799. The molecule has 23 heavy (non-hydrogen) atoms. The van der Waals surface area contributed by atoms with Crippen LogP contribution in [0, 0.1) is 0 Å². The minimum absolute atomic E-state index is 0.0630. The topological polar surface area (TPSA) is 46.2 Å². The van der Waals surface area contributed by atoms with Gasteiger partial charge in [0.05, 0.1) is 0 Å². The standard InChI is InChI=1S/C20H21NO2/c1-4-11-20(2,21-3)13-9-10-16-17(12-13)19(23)15-8-6-5-7-14(15)18(16)22/h5-10,12,21H,4,11H2,1-3H3. The number of carbonyl (C=O) groups is 2. The molecule has 1 N–H and O–H groups in total. The lowest BCUT2D eigenvalue weighted by atomic mass is 9.80. The predicted octanol–water partition coefficient (Wildman–Crippen LogP) is 3.70. The van der Waals surface area contributed by atoms with Crippen molar-refractivity contribution in [2.75, 3.05) is 7.05 Å². The summed E-state index contributed by atoms with van der Waals surface area (Å²) in [6.07, 6.45) is 1.99. The monoisotopic (exact) mass is 307 g/mol. The normalized spacial score (nSPS) is 15.8. The molecule has 3 heteroatoms.